The van der Waals surface area contributed by atoms with E-state index >= 15 is 0 Å². The molecule has 23 heavy (non-hydrogen) atoms. The summed E-state index contributed by atoms with van der Waals surface area (Å²) in [6.07, 6.45) is 2.78. The highest BCUT2D eigenvalue weighted by atomic mass is 16.5. The molecule has 0 spiro atoms. The number of benzene rings is 1. The van der Waals surface area contributed by atoms with E-state index in [9.17, 15) is 4.79 Å². The van der Waals surface area contributed by atoms with Crippen molar-refractivity contribution < 1.29 is 9.53 Å². The van der Waals surface area contributed by atoms with Crippen LogP contribution in [-0.2, 0) is 4.79 Å². The number of piperidine rings is 1. The summed E-state index contributed by atoms with van der Waals surface area (Å²) in [4.78, 5) is 14.8. The Morgan fingerprint density at radius 3 is 2.65 bits per heavy atom. The van der Waals surface area contributed by atoms with Gasteiger partial charge in [0.25, 0.3) is 5.91 Å². The largest absolute Gasteiger partial charge is 0.481 e. The fourth-order valence-electron chi connectivity index (χ4n) is 3.11. The van der Waals surface area contributed by atoms with Crippen LogP contribution in [0.15, 0.2) is 18.2 Å². The number of nitrogens with zero attached hydrogens (tertiary/aromatic N) is 1. The zero-order valence-corrected chi connectivity index (χ0v) is 14.9. The molecule has 1 aliphatic heterocycles. The highest BCUT2D eigenvalue weighted by molar-refractivity contribution is 5.81. The number of hydrogen-bond donors (Lipinski definition) is 1. The Bertz CT molecular complexity index is 522. The van der Waals surface area contributed by atoms with Gasteiger partial charge in [0, 0.05) is 19.1 Å². The van der Waals surface area contributed by atoms with E-state index in [1.807, 2.05) is 26.0 Å². The quantitative estimate of drug-likeness (QED) is 0.876. The molecule has 0 bridgehead atoms. The van der Waals surface area contributed by atoms with E-state index in [1.54, 1.807) is 0 Å². The van der Waals surface area contributed by atoms with Crippen LogP contribution in [0.4, 0.5) is 0 Å². The molecule has 0 unspecified atom stereocenters. The molecule has 2 rings (SSSR count). The summed E-state index contributed by atoms with van der Waals surface area (Å²) in [5.74, 6) is 0.773. The minimum absolute atomic E-state index is 0.0149. The Morgan fingerprint density at radius 2 is 2.04 bits per heavy atom. The molecule has 0 aromatic heterocycles. The van der Waals surface area contributed by atoms with Gasteiger partial charge in [-0.1, -0.05) is 24.6 Å². The van der Waals surface area contributed by atoms with Gasteiger partial charge in [0.05, 0.1) is 0 Å². The molecular weight excluding hydrogens is 288 g/mol. The van der Waals surface area contributed by atoms with Gasteiger partial charge in [-0.25, -0.2) is 0 Å². The lowest BCUT2D eigenvalue weighted by Gasteiger charge is -2.32. The summed E-state index contributed by atoms with van der Waals surface area (Å²) in [6, 6.07) is 6.30. The molecule has 0 radical (unpaired) electrons. The Kier molecular flexibility index (Phi) is 6.46. The summed E-state index contributed by atoms with van der Waals surface area (Å²) < 4.78 is 5.84. The molecule has 1 aromatic rings. The zero-order chi connectivity index (χ0) is 16.8. The van der Waals surface area contributed by atoms with Gasteiger partial charge in [-0.2, -0.15) is 0 Å². The minimum Gasteiger partial charge on any atom is -0.481 e. The second-order valence-electron chi connectivity index (χ2n) is 6.65. The van der Waals surface area contributed by atoms with Crippen molar-refractivity contribution in [1.29, 1.82) is 0 Å². The summed E-state index contributed by atoms with van der Waals surface area (Å²) in [5.41, 5.74) is 2.27. The fraction of sp³-hybridized carbons (Fsp3) is 0.632. The maximum Gasteiger partial charge on any atom is 0.260 e. The van der Waals surface area contributed by atoms with E-state index < -0.39 is 6.10 Å². The number of carbonyl (C=O) groups is 1. The van der Waals surface area contributed by atoms with E-state index in [-0.39, 0.29) is 11.9 Å². The van der Waals surface area contributed by atoms with E-state index in [0.29, 0.717) is 0 Å². The monoisotopic (exact) mass is 318 g/mol. The van der Waals surface area contributed by atoms with Crippen LogP contribution in [0, 0.1) is 13.8 Å². The van der Waals surface area contributed by atoms with Crippen LogP contribution in [0.5, 0.6) is 5.75 Å². The first-order chi connectivity index (χ1) is 11.0. The number of hydrogen-bond acceptors (Lipinski definition) is 3. The zero-order valence-electron chi connectivity index (χ0n) is 14.9. The van der Waals surface area contributed by atoms with Gasteiger partial charge in [-0.15, -0.1) is 0 Å². The van der Waals surface area contributed by atoms with Crippen molar-refractivity contribution in [1.82, 2.24) is 10.2 Å². The second kappa shape index (κ2) is 8.34. The van der Waals surface area contributed by atoms with Gasteiger partial charge in [0.2, 0.25) is 0 Å². The van der Waals surface area contributed by atoms with E-state index in [4.69, 9.17) is 4.74 Å². The molecule has 1 aliphatic rings. The van der Waals surface area contributed by atoms with Gasteiger partial charge in [0.15, 0.2) is 6.10 Å². The van der Waals surface area contributed by atoms with Crippen molar-refractivity contribution >= 4 is 5.91 Å². The molecule has 0 aliphatic carbocycles. The molecule has 1 atom stereocenters. The van der Waals surface area contributed by atoms with Crippen LogP contribution in [0.3, 0.4) is 0 Å². The number of ether oxygens (including phenoxy) is 1. The van der Waals surface area contributed by atoms with Crippen molar-refractivity contribution in [2.45, 2.75) is 59.1 Å². The fourth-order valence-corrected chi connectivity index (χ4v) is 3.11. The Morgan fingerprint density at radius 1 is 1.35 bits per heavy atom. The predicted molar refractivity (Wildman–Crippen MR) is 93.9 cm³/mol. The molecule has 1 heterocycles. The Hall–Kier alpha value is -1.55. The molecule has 1 N–H and O–H groups in total. The number of carbonyl (C=O) groups excluding carboxylic acids is 1. The third-order valence-corrected chi connectivity index (χ3v) is 4.48. The molecule has 1 fully saturated rings. The number of amides is 1. The second-order valence-corrected chi connectivity index (χ2v) is 6.65. The van der Waals surface area contributed by atoms with Crippen LogP contribution in [0.2, 0.25) is 0 Å². The number of nitrogens with one attached hydrogen (secondary N) is 1. The van der Waals surface area contributed by atoms with Gasteiger partial charge in [-0.05, 0) is 58.2 Å². The van der Waals surface area contributed by atoms with Crippen molar-refractivity contribution in [2.24, 2.45) is 0 Å². The lowest BCUT2D eigenvalue weighted by molar-refractivity contribution is -0.128. The van der Waals surface area contributed by atoms with Crippen LogP contribution >= 0.6 is 0 Å². The summed E-state index contributed by atoms with van der Waals surface area (Å²) in [5, 5.41) is 3.14. The summed E-state index contributed by atoms with van der Waals surface area (Å²) in [7, 11) is 0. The highest BCUT2D eigenvalue weighted by Gasteiger charge is 2.23. The van der Waals surface area contributed by atoms with Crippen molar-refractivity contribution in [3.8, 4) is 5.75 Å². The third-order valence-electron chi connectivity index (χ3n) is 4.48. The van der Waals surface area contributed by atoms with Crippen molar-refractivity contribution in [2.75, 3.05) is 19.6 Å². The molecule has 128 valence electrons. The SMILES string of the molecule is CCCN1CCC(NC(=O)[C@H](C)Oc2ccc(C)cc2C)CC1. The van der Waals surface area contributed by atoms with Gasteiger partial charge in [0.1, 0.15) is 5.75 Å². The maximum absolute atomic E-state index is 12.4. The number of rotatable bonds is 6. The predicted octanol–water partition coefficient (Wildman–Crippen LogP) is 3.06. The van der Waals surface area contributed by atoms with E-state index in [2.05, 4.69) is 30.1 Å². The van der Waals surface area contributed by atoms with Crippen LogP contribution in [0.1, 0.15) is 44.2 Å². The molecule has 0 saturated carbocycles. The summed E-state index contributed by atoms with van der Waals surface area (Å²) in [6.45, 7) is 11.4. The lowest BCUT2D eigenvalue weighted by atomic mass is 10.0. The first-order valence-electron chi connectivity index (χ1n) is 8.76. The van der Waals surface area contributed by atoms with Crippen LogP contribution in [0.25, 0.3) is 0 Å². The minimum atomic E-state index is -0.468. The molecule has 1 amide bonds. The van der Waals surface area contributed by atoms with Gasteiger partial charge >= 0.3 is 0 Å². The highest BCUT2D eigenvalue weighted by Crippen LogP contribution is 2.20. The molecule has 4 heteroatoms. The van der Waals surface area contributed by atoms with Crippen LogP contribution in [-0.4, -0.2) is 42.6 Å². The molecule has 1 aromatic carbocycles. The van der Waals surface area contributed by atoms with E-state index in [1.165, 1.54) is 12.0 Å². The summed E-state index contributed by atoms with van der Waals surface area (Å²) >= 11 is 0. The molecule has 4 nitrogen and oxygen atoms in total. The molecular formula is C19H30N2O2. The first-order valence-corrected chi connectivity index (χ1v) is 8.76. The average Bonchev–Trinajstić information content (AvgIpc) is 2.52. The maximum atomic E-state index is 12.4. The van der Waals surface area contributed by atoms with Gasteiger partial charge < -0.3 is 15.0 Å². The standard InChI is InChI=1S/C19H30N2O2/c1-5-10-21-11-8-17(9-12-21)20-19(22)16(4)23-18-7-6-14(2)13-15(18)3/h6-7,13,16-17H,5,8-12H2,1-4H3,(H,20,22)/t16-/m0/s1. The molecule has 1 saturated heterocycles. The first kappa shape index (κ1) is 17.8. The van der Waals surface area contributed by atoms with E-state index in [0.717, 1.165) is 43.8 Å². The van der Waals surface area contributed by atoms with Gasteiger partial charge in [-0.3, -0.25) is 4.79 Å². The Balaban J connectivity index is 1.81. The van der Waals surface area contributed by atoms with Crippen LogP contribution < -0.4 is 10.1 Å². The normalized spacial score (nSPS) is 17.7. The number of likely N-dealkylation sites (tertiary alicyclic amines) is 1. The Labute approximate surface area is 140 Å². The number of aryl methyl sites for hydroxylation is 2. The van der Waals surface area contributed by atoms with Crippen molar-refractivity contribution in [3.05, 3.63) is 29.3 Å². The van der Waals surface area contributed by atoms with Crippen molar-refractivity contribution in [3.63, 3.8) is 0 Å². The smallest absolute Gasteiger partial charge is 0.260 e. The third kappa shape index (κ3) is 5.24. The lowest BCUT2D eigenvalue weighted by Crippen LogP contribution is -2.48. The topological polar surface area (TPSA) is 41.6 Å². The average molecular weight is 318 g/mol.